The third-order valence-electron chi connectivity index (χ3n) is 3.33. The van der Waals surface area contributed by atoms with Crippen molar-refractivity contribution in [3.05, 3.63) is 4.88 Å². The Labute approximate surface area is 116 Å². The van der Waals surface area contributed by atoms with Crippen molar-refractivity contribution in [2.45, 2.75) is 12.8 Å². The molecule has 1 fully saturated rings. The zero-order valence-electron chi connectivity index (χ0n) is 11.3. The van der Waals surface area contributed by atoms with E-state index in [0.717, 1.165) is 24.5 Å². The first-order valence-electron chi connectivity index (χ1n) is 6.36. The average molecular weight is 284 g/mol. The summed E-state index contributed by atoms with van der Waals surface area (Å²) in [4.78, 5) is 20.8. The molecule has 1 aromatic heterocycles. The Morgan fingerprint density at radius 3 is 2.95 bits per heavy atom. The number of hydrogen-bond acceptors (Lipinski definition) is 6. The van der Waals surface area contributed by atoms with Crippen LogP contribution in [0.25, 0.3) is 0 Å². The number of rotatable bonds is 4. The highest BCUT2D eigenvalue weighted by Gasteiger charge is 2.29. The second-order valence-corrected chi connectivity index (χ2v) is 6.00. The van der Waals surface area contributed by atoms with Crippen LogP contribution in [0.4, 0.5) is 10.9 Å². The second kappa shape index (κ2) is 5.75. The Balaban J connectivity index is 2.08. The van der Waals surface area contributed by atoms with E-state index in [1.165, 1.54) is 11.3 Å². The quantitative estimate of drug-likeness (QED) is 0.847. The summed E-state index contributed by atoms with van der Waals surface area (Å²) in [5, 5.41) is 9.68. The van der Waals surface area contributed by atoms with Gasteiger partial charge < -0.3 is 20.6 Å². The topological polar surface area (TPSA) is 82.7 Å². The molecule has 19 heavy (non-hydrogen) atoms. The minimum Gasteiger partial charge on any atom is -0.396 e. The van der Waals surface area contributed by atoms with Crippen LogP contribution in [0.1, 0.15) is 22.5 Å². The Kier molecular flexibility index (Phi) is 4.26. The van der Waals surface area contributed by atoms with Gasteiger partial charge in [-0.1, -0.05) is 11.3 Å². The van der Waals surface area contributed by atoms with Crippen LogP contribution in [0.2, 0.25) is 0 Å². The third-order valence-corrected chi connectivity index (χ3v) is 4.56. The SMILES string of the molecule is CN(C)c1nc(N)c(C(=O)N2CCC(CCO)C2)s1. The summed E-state index contributed by atoms with van der Waals surface area (Å²) >= 11 is 1.33. The molecule has 1 unspecified atom stereocenters. The molecule has 2 heterocycles. The van der Waals surface area contributed by atoms with E-state index in [1.807, 2.05) is 23.9 Å². The Bertz CT molecular complexity index is 461. The Morgan fingerprint density at radius 1 is 1.63 bits per heavy atom. The minimum absolute atomic E-state index is 0.0384. The van der Waals surface area contributed by atoms with Gasteiger partial charge in [-0.25, -0.2) is 4.98 Å². The lowest BCUT2D eigenvalue weighted by atomic mass is 10.1. The van der Waals surface area contributed by atoms with Crippen molar-refractivity contribution in [3.63, 3.8) is 0 Å². The number of nitrogens with two attached hydrogens (primary N) is 1. The second-order valence-electron chi connectivity index (χ2n) is 5.02. The van der Waals surface area contributed by atoms with E-state index in [0.29, 0.717) is 23.2 Å². The van der Waals surface area contributed by atoms with Gasteiger partial charge in [0.25, 0.3) is 5.91 Å². The van der Waals surface area contributed by atoms with Crippen molar-refractivity contribution in [1.29, 1.82) is 0 Å². The molecule has 1 aliphatic heterocycles. The van der Waals surface area contributed by atoms with Gasteiger partial charge in [0.2, 0.25) is 0 Å². The highest BCUT2D eigenvalue weighted by atomic mass is 32.1. The fourth-order valence-corrected chi connectivity index (χ4v) is 3.12. The molecule has 0 aromatic carbocycles. The van der Waals surface area contributed by atoms with Crippen LogP contribution in [-0.4, -0.2) is 54.7 Å². The van der Waals surface area contributed by atoms with Crippen molar-refractivity contribution in [1.82, 2.24) is 9.88 Å². The first-order chi connectivity index (χ1) is 9.02. The molecule has 6 nitrogen and oxygen atoms in total. The van der Waals surface area contributed by atoms with Crippen LogP contribution in [0.3, 0.4) is 0 Å². The Hall–Kier alpha value is -1.34. The third kappa shape index (κ3) is 2.98. The minimum atomic E-state index is -0.0384. The van der Waals surface area contributed by atoms with Gasteiger partial charge in [0, 0.05) is 33.8 Å². The zero-order valence-corrected chi connectivity index (χ0v) is 12.1. The number of amides is 1. The average Bonchev–Trinajstić information content (AvgIpc) is 2.96. The number of nitrogens with zero attached hydrogens (tertiary/aromatic N) is 3. The molecule has 0 saturated carbocycles. The van der Waals surface area contributed by atoms with E-state index in [1.54, 1.807) is 0 Å². The molecule has 7 heteroatoms. The van der Waals surface area contributed by atoms with Gasteiger partial charge >= 0.3 is 0 Å². The van der Waals surface area contributed by atoms with E-state index < -0.39 is 0 Å². The number of anilines is 2. The summed E-state index contributed by atoms with van der Waals surface area (Å²) in [5.41, 5.74) is 5.83. The van der Waals surface area contributed by atoms with E-state index in [2.05, 4.69) is 4.98 Å². The highest BCUT2D eigenvalue weighted by molar-refractivity contribution is 7.18. The predicted octanol–water partition coefficient (Wildman–Crippen LogP) is 0.636. The normalized spacial score (nSPS) is 18.9. The van der Waals surface area contributed by atoms with Gasteiger partial charge in [-0.15, -0.1) is 0 Å². The predicted molar refractivity (Wildman–Crippen MR) is 76.6 cm³/mol. The first kappa shape index (κ1) is 14.1. The molecule has 1 aromatic rings. The van der Waals surface area contributed by atoms with Gasteiger partial charge in [-0.2, -0.15) is 0 Å². The lowest BCUT2D eigenvalue weighted by Gasteiger charge is -2.15. The number of hydrogen-bond donors (Lipinski definition) is 2. The summed E-state index contributed by atoms with van der Waals surface area (Å²) < 4.78 is 0. The number of likely N-dealkylation sites (tertiary alicyclic amines) is 1. The maximum atomic E-state index is 12.4. The molecule has 0 radical (unpaired) electrons. The van der Waals surface area contributed by atoms with Crippen LogP contribution in [0.5, 0.6) is 0 Å². The highest BCUT2D eigenvalue weighted by Crippen LogP contribution is 2.30. The van der Waals surface area contributed by atoms with Crippen molar-refractivity contribution in [3.8, 4) is 0 Å². The summed E-state index contributed by atoms with van der Waals surface area (Å²) in [6.45, 7) is 1.62. The fraction of sp³-hybridized carbons (Fsp3) is 0.667. The Morgan fingerprint density at radius 2 is 2.37 bits per heavy atom. The molecule has 1 amide bonds. The molecule has 1 saturated heterocycles. The summed E-state index contributed by atoms with van der Waals surface area (Å²) in [5.74, 6) is 0.671. The lowest BCUT2D eigenvalue weighted by Crippen LogP contribution is -2.28. The zero-order chi connectivity index (χ0) is 14.0. The smallest absolute Gasteiger partial charge is 0.267 e. The van der Waals surface area contributed by atoms with Crippen LogP contribution < -0.4 is 10.6 Å². The van der Waals surface area contributed by atoms with Crippen LogP contribution in [0.15, 0.2) is 0 Å². The van der Waals surface area contributed by atoms with Gasteiger partial charge in [0.05, 0.1) is 0 Å². The summed E-state index contributed by atoms with van der Waals surface area (Å²) in [6.07, 6.45) is 1.70. The molecule has 1 aliphatic rings. The number of aliphatic hydroxyl groups is 1. The van der Waals surface area contributed by atoms with Crippen LogP contribution in [0, 0.1) is 5.92 Å². The van der Waals surface area contributed by atoms with Crippen LogP contribution >= 0.6 is 11.3 Å². The van der Waals surface area contributed by atoms with Gasteiger partial charge in [0.15, 0.2) is 5.13 Å². The van der Waals surface area contributed by atoms with E-state index >= 15 is 0 Å². The monoisotopic (exact) mass is 284 g/mol. The van der Waals surface area contributed by atoms with Gasteiger partial charge in [-0.3, -0.25) is 4.79 Å². The van der Waals surface area contributed by atoms with Crippen LogP contribution in [-0.2, 0) is 0 Å². The molecule has 0 aliphatic carbocycles. The van der Waals surface area contributed by atoms with Gasteiger partial charge in [0.1, 0.15) is 10.7 Å². The van der Waals surface area contributed by atoms with E-state index in [-0.39, 0.29) is 12.5 Å². The molecular formula is C12H20N4O2S. The number of carbonyl (C=O) groups excluding carboxylic acids is 1. The van der Waals surface area contributed by atoms with Crippen molar-refractivity contribution >= 4 is 28.2 Å². The largest absolute Gasteiger partial charge is 0.396 e. The molecule has 1 atom stereocenters. The van der Waals surface area contributed by atoms with Gasteiger partial charge in [-0.05, 0) is 18.8 Å². The van der Waals surface area contributed by atoms with Crippen molar-refractivity contribution in [2.75, 3.05) is 44.4 Å². The lowest BCUT2D eigenvalue weighted by molar-refractivity contribution is 0.0790. The molecule has 2 rings (SSSR count). The summed E-state index contributed by atoms with van der Waals surface area (Å²) in [7, 11) is 3.75. The molecular weight excluding hydrogens is 264 g/mol. The maximum Gasteiger partial charge on any atom is 0.267 e. The molecule has 0 bridgehead atoms. The number of aromatic nitrogens is 1. The molecule has 0 spiro atoms. The van der Waals surface area contributed by atoms with Crippen molar-refractivity contribution < 1.29 is 9.90 Å². The molecule has 3 N–H and O–H groups in total. The summed E-state index contributed by atoms with van der Waals surface area (Å²) in [6, 6.07) is 0. The number of nitrogen functional groups attached to an aromatic ring is 1. The molecule has 106 valence electrons. The first-order valence-corrected chi connectivity index (χ1v) is 7.18. The number of thiazole rings is 1. The number of aliphatic hydroxyl groups excluding tert-OH is 1. The van der Waals surface area contributed by atoms with E-state index in [9.17, 15) is 4.79 Å². The van der Waals surface area contributed by atoms with Crippen molar-refractivity contribution in [2.24, 2.45) is 5.92 Å². The maximum absolute atomic E-state index is 12.4. The number of carbonyl (C=O) groups is 1. The van der Waals surface area contributed by atoms with E-state index in [4.69, 9.17) is 10.8 Å². The fourth-order valence-electron chi connectivity index (χ4n) is 2.24. The standard InChI is InChI=1S/C12H20N4O2S/c1-15(2)12-14-10(13)9(19-12)11(18)16-5-3-8(7-16)4-6-17/h8,17H,3-7,13H2,1-2H3.